The second-order valence-electron chi connectivity index (χ2n) is 3.85. The van der Waals surface area contributed by atoms with Crippen LogP contribution in [0.1, 0.15) is 18.4 Å². The molecule has 4 nitrogen and oxygen atoms in total. The van der Waals surface area contributed by atoms with Gasteiger partial charge in [-0.2, -0.15) is 0 Å². The van der Waals surface area contributed by atoms with Crippen LogP contribution in [0.25, 0.3) is 0 Å². The number of benzene rings is 1. The van der Waals surface area contributed by atoms with E-state index in [1.165, 1.54) is 0 Å². The lowest BCUT2D eigenvalue weighted by Gasteiger charge is -2.18. The highest BCUT2D eigenvalue weighted by atomic mass is 32.2. The molecule has 1 aliphatic rings. The summed E-state index contributed by atoms with van der Waals surface area (Å²) in [4.78, 5) is 22.8. The average Bonchev–Trinajstić information content (AvgIpc) is 2.67. The standard InChI is InChI=1S/C12H13NO3S/c1-7(10-11(14)13-12(15)17-10)8-5-3-4-6-9(8)16-2/h3-7,10H,1-2H3,(H,13,14,15). The molecule has 1 aromatic rings. The Kier molecular flexibility index (Phi) is 3.38. The summed E-state index contributed by atoms with van der Waals surface area (Å²) in [5, 5.41) is 1.65. The number of rotatable bonds is 3. The van der Waals surface area contributed by atoms with Crippen molar-refractivity contribution in [2.45, 2.75) is 18.1 Å². The van der Waals surface area contributed by atoms with Crippen molar-refractivity contribution in [1.29, 1.82) is 0 Å². The maximum atomic E-state index is 11.6. The molecule has 1 aromatic carbocycles. The van der Waals surface area contributed by atoms with E-state index in [-0.39, 0.29) is 22.3 Å². The van der Waals surface area contributed by atoms with Gasteiger partial charge in [0.1, 0.15) is 11.0 Å². The van der Waals surface area contributed by atoms with E-state index in [1.54, 1.807) is 7.11 Å². The molecule has 1 N–H and O–H groups in total. The van der Waals surface area contributed by atoms with Crippen LogP contribution < -0.4 is 10.1 Å². The minimum atomic E-state index is -0.376. The van der Waals surface area contributed by atoms with Crippen molar-refractivity contribution in [3.05, 3.63) is 29.8 Å². The van der Waals surface area contributed by atoms with Crippen molar-refractivity contribution in [2.75, 3.05) is 7.11 Å². The molecule has 2 unspecified atom stereocenters. The second kappa shape index (κ2) is 4.79. The number of carbonyl (C=O) groups is 2. The number of amides is 2. The van der Waals surface area contributed by atoms with Crippen LogP contribution in [-0.2, 0) is 4.79 Å². The van der Waals surface area contributed by atoms with E-state index in [4.69, 9.17) is 4.74 Å². The SMILES string of the molecule is COc1ccccc1C(C)C1SC(=O)NC1=O. The molecule has 2 amide bonds. The van der Waals surface area contributed by atoms with Gasteiger partial charge in [0.2, 0.25) is 5.91 Å². The van der Waals surface area contributed by atoms with Crippen molar-refractivity contribution >= 4 is 22.9 Å². The summed E-state index contributed by atoms with van der Waals surface area (Å²) in [7, 11) is 1.60. The van der Waals surface area contributed by atoms with Gasteiger partial charge in [0.25, 0.3) is 5.24 Å². The minimum Gasteiger partial charge on any atom is -0.496 e. The maximum absolute atomic E-state index is 11.6. The van der Waals surface area contributed by atoms with Crippen molar-refractivity contribution in [3.8, 4) is 5.75 Å². The third kappa shape index (κ3) is 2.29. The largest absolute Gasteiger partial charge is 0.496 e. The van der Waals surface area contributed by atoms with E-state index in [1.807, 2.05) is 31.2 Å². The van der Waals surface area contributed by atoms with E-state index < -0.39 is 0 Å². The minimum absolute atomic E-state index is 0.0670. The lowest BCUT2D eigenvalue weighted by molar-refractivity contribution is -0.119. The quantitative estimate of drug-likeness (QED) is 0.894. The third-order valence-corrected chi connectivity index (χ3v) is 3.99. The van der Waals surface area contributed by atoms with Crippen LogP contribution in [0.5, 0.6) is 5.75 Å². The number of hydrogen-bond donors (Lipinski definition) is 1. The Hall–Kier alpha value is -1.49. The molecule has 0 spiro atoms. The van der Waals surface area contributed by atoms with Crippen LogP contribution in [0.2, 0.25) is 0 Å². The van der Waals surface area contributed by atoms with E-state index in [0.717, 1.165) is 23.1 Å². The van der Waals surface area contributed by atoms with Crippen molar-refractivity contribution < 1.29 is 14.3 Å². The molecule has 0 aliphatic carbocycles. The van der Waals surface area contributed by atoms with Gasteiger partial charge in [0.15, 0.2) is 0 Å². The van der Waals surface area contributed by atoms with Crippen LogP contribution in [0.3, 0.4) is 0 Å². The number of nitrogens with one attached hydrogen (secondary N) is 1. The van der Waals surface area contributed by atoms with Crippen LogP contribution >= 0.6 is 11.8 Å². The molecule has 0 aromatic heterocycles. The summed E-state index contributed by atoms with van der Waals surface area (Å²) in [6, 6.07) is 7.54. The lowest BCUT2D eigenvalue weighted by Crippen LogP contribution is -2.27. The van der Waals surface area contributed by atoms with Crippen LogP contribution in [0, 0.1) is 0 Å². The molecular formula is C12H13NO3S. The maximum Gasteiger partial charge on any atom is 0.286 e. The molecule has 17 heavy (non-hydrogen) atoms. The van der Waals surface area contributed by atoms with Gasteiger partial charge >= 0.3 is 0 Å². The Labute approximate surface area is 104 Å². The zero-order chi connectivity index (χ0) is 12.4. The van der Waals surface area contributed by atoms with Crippen molar-refractivity contribution in [3.63, 3.8) is 0 Å². The van der Waals surface area contributed by atoms with Gasteiger partial charge in [-0.25, -0.2) is 0 Å². The van der Waals surface area contributed by atoms with Crippen molar-refractivity contribution in [1.82, 2.24) is 5.32 Å². The van der Waals surface area contributed by atoms with E-state index in [2.05, 4.69) is 5.32 Å². The highest BCUT2D eigenvalue weighted by Crippen LogP contribution is 2.36. The fourth-order valence-corrected chi connectivity index (χ4v) is 2.81. The summed E-state index contributed by atoms with van der Waals surface area (Å²) in [6.07, 6.45) is 0. The summed E-state index contributed by atoms with van der Waals surface area (Å²) in [5.74, 6) is 0.453. The van der Waals surface area contributed by atoms with Gasteiger partial charge in [-0.05, 0) is 11.6 Å². The van der Waals surface area contributed by atoms with Gasteiger partial charge in [-0.1, -0.05) is 36.9 Å². The van der Waals surface area contributed by atoms with Gasteiger partial charge < -0.3 is 4.74 Å². The number of hydrogen-bond acceptors (Lipinski definition) is 4. The van der Waals surface area contributed by atoms with E-state index in [0.29, 0.717) is 0 Å². The highest BCUT2D eigenvalue weighted by Gasteiger charge is 2.37. The van der Waals surface area contributed by atoms with Crippen LogP contribution in [0.15, 0.2) is 24.3 Å². The molecule has 0 radical (unpaired) electrons. The summed E-state index contributed by atoms with van der Waals surface area (Å²) < 4.78 is 5.26. The summed E-state index contributed by atoms with van der Waals surface area (Å²) in [5.41, 5.74) is 0.942. The first-order valence-electron chi connectivity index (χ1n) is 5.28. The van der Waals surface area contributed by atoms with Crippen LogP contribution in [-0.4, -0.2) is 23.5 Å². The molecule has 2 atom stereocenters. The number of thioether (sulfide) groups is 1. The topological polar surface area (TPSA) is 55.4 Å². The Balaban J connectivity index is 2.27. The average molecular weight is 251 g/mol. The summed E-state index contributed by atoms with van der Waals surface area (Å²) >= 11 is 1.04. The number of para-hydroxylation sites is 1. The summed E-state index contributed by atoms with van der Waals surface area (Å²) in [6.45, 7) is 1.92. The number of imide groups is 1. The Morgan fingerprint density at radius 1 is 1.35 bits per heavy atom. The third-order valence-electron chi connectivity index (χ3n) is 2.80. The number of carbonyl (C=O) groups excluding carboxylic acids is 2. The van der Waals surface area contributed by atoms with E-state index >= 15 is 0 Å². The Morgan fingerprint density at radius 3 is 2.65 bits per heavy atom. The van der Waals surface area contributed by atoms with Gasteiger partial charge in [0.05, 0.1) is 7.11 Å². The predicted octanol–water partition coefficient (Wildman–Crippen LogP) is 2.15. The first kappa shape index (κ1) is 12.0. The molecule has 1 fully saturated rings. The molecule has 2 rings (SSSR count). The second-order valence-corrected chi connectivity index (χ2v) is 4.96. The lowest BCUT2D eigenvalue weighted by atomic mass is 9.96. The fourth-order valence-electron chi connectivity index (χ4n) is 1.90. The molecule has 0 bridgehead atoms. The fraction of sp³-hybridized carbons (Fsp3) is 0.333. The zero-order valence-corrected chi connectivity index (χ0v) is 10.4. The van der Waals surface area contributed by atoms with Gasteiger partial charge in [0, 0.05) is 5.92 Å². The van der Waals surface area contributed by atoms with Gasteiger partial charge in [-0.3, -0.25) is 14.9 Å². The molecule has 1 heterocycles. The zero-order valence-electron chi connectivity index (χ0n) is 9.60. The first-order chi connectivity index (χ1) is 8.13. The molecule has 90 valence electrons. The van der Waals surface area contributed by atoms with Gasteiger partial charge in [-0.15, -0.1) is 0 Å². The molecule has 0 saturated carbocycles. The van der Waals surface area contributed by atoms with E-state index in [9.17, 15) is 9.59 Å². The number of ether oxygens (including phenoxy) is 1. The molecule has 1 saturated heterocycles. The van der Waals surface area contributed by atoms with Crippen molar-refractivity contribution in [2.24, 2.45) is 0 Å². The first-order valence-corrected chi connectivity index (χ1v) is 6.16. The Morgan fingerprint density at radius 2 is 2.06 bits per heavy atom. The monoisotopic (exact) mass is 251 g/mol. The number of methoxy groups -OCH3 is 1. The molecule has 1 aliphatic heterocycles. The Bertz CT molecular complexity index is 461. The van der Waals surface area contributed by atoms with Crippen LogP contribution in [0.4, 0.5) is 4.79 Å². The smallest absolute Gasteiger partial charge is 0.286 e. The highest BCUT2D eigenvalue weighted by molar-refractivity contribution is 8.15. The molecule has 5 heteroatoms. The predicted molar refractivity (Wildman–Crippen MR) is 66.3 cm³/mol. The normalized spacial score (nSPS) is 21.2. The molecular weight excluding hydrogens is 238 g/mol.